The molecule has 162 valence electrons. The van der Waals surface area contributed by atoms with Gasteiger partial charge in [0.25, 0.3) is 5.91 Å². The van der Waals surface area contributed by atoms with Crippen molar-refractivity contribution in [2.45, 2.75) is 32.6 Å². The van der Waals surface area contributed by atoms with Crippen molar-refractivity contribution in [3.8, 4) is 11.3 Å². The monoisotopic (exact) mass is 422 g/mol. The summed E-state index contributed by atoms with van der Waals surface area (Å²) in [4.78, 5) is 25.3. The van der Waals surface area contributed by atoms with Crippen LogP contribution in [0.1, 0.15) is 42.2 Å². The number of amides is 2. The maximum Gasteiger partial charge on any atom is 0.253 e. The van der Waals surface area contributed by atoms with Gasteiger partial charge in [0, 0.05) is 43.0 Å². The molecule has 0 atom stereocenters. The quantitative estimate of drug-likeness (QED) is 0.493. The summed E-state index contributed by atoms with van der Waals surface area (Å²) in [6.07, 6.45) is 3.75. The van der Waals surface area contributed by atoms with Crippen molar-refractivity contribution in [1.29, 1.82) is 0 Å². The zero-order chi connectivity index (χ0) is 22.2. The predicted molar refractivity (Wildman–Crippen MR) is 119 cm³/mol. The molecule has 31 heavy (non-hydrogen) atoms. The van der Waals surface area contributed by atoms with E-state index in [1.807, 2.05) is 6.07 Å². The maximum atomic E-state index is 13.0. The average Bonchev–Trinajstić information content (AvgIpc) is 3.22. The first-order chi connectivity index (χ1) is 14.9. The number of benzene rings is 2. The minimum atomic E-state index is -0.259. The molecule has 0 spiro atoms. The number of unbranched alkanes of at least 4 members (excludes halogenated alkanes) is 2. The molecule has 3 rings (SSSR count). The second-order valence-electron chi connectivity index (χ2n) is 7.58. The summed E-state index contributed by atoms with van der Waals surface area (Å²) in [5, 5.41) is 10.0. The SMILES string of the molecule is CC(=O)Nc1ccc(C(=O)N(C)CCCCCc2cc(-c3ccc(F)cc3)n[nH]2)cc1. The molecule has 3 aromatic rings. The van der Waals surface area contributed by atoms with Crippen molar-refractivity contribution in [1.82, 2.24) is 15.1 Å². The smallest absolute Gasteiger partial charge is 0.253 e. The number of aromatic amines is 1. The fourth-order valence-electron chi connectivity index (χ4n) is 3.32. The van der Waals surface area contributed by atoms with Crippen LogP contribution in [0.2, 0.25) is 0 Å². The highest BCUT2D eigenvalue weighted by Crippen LogP contribution is 2.19. The summed E-state index contributed by atoms with van der Waals surface area (Å²) in [5.74, 6) is -0.435. The van der Waals surface area contributed by atoms with Crippen LogP contribution in [0.5, 0.6) is 0 Å². The second-order valence-corrected chi connectivity index (χ2v) is 7.58. The van der Waals surface area contributed by atoms with Gasteiger partial charge in [0.1, 0.15) is 5.82 Å². The third-order valence-electron chi connectivity index (χ3n) is 5.01. The molecule has 0 unspecified atom stereocenters. The summed E-state index contributed by atoms with van der Waals surface area (Å²) in [6.45, 7) is 2.12. The van der Waals surface area contributed by atoms with Gasteiger partial charge in [0.15, 0.2) is 0 Å². The van der Waals surface area contributed by atoms with Gasteiger partial charge in [-0.1, -0.05) is 6.42 Å². The Bertz CT molecular complexity index is 1010. The standard InChI is InChI=1S/C24H27FN4O2/c1-17(30)26-21-13-9-19(10-14-21)24(31)29(2)15-5-3-4-6-22-16-23(28-27-22)18-7-11-20(25)12-8-18/h7-14,16H,3-6,15H2,1-2H3,(H,26,30)(H,27,28). The van der Waals surface area contributed by atoms with Gasteiger partial charge in [-0.2, -0.15) is 5.10 Å². The van der Waals surface area contributed by atoms with E-state index in [4.69, 9.17) is 0 Å². The van der Waals surface area contributed by atoms with Gasteiger partial charge in [-0.3, -0.25) is 14.7 Å². The van der Waals surface area contributed by atoms with E-state index in [9.17, 15) is 14.0 Å². The van der Waals surface area contributed by atoms with E-state index in [0.29, 0.717) is 17.8 Å². The summed E-state index contributed by atoms with van der Waals surface area (Å²) >= 11 is 0. The maximum absolute atomic E-state index is 13.0. The molecule has 2 amide bonds. The predicted octanol–water partition coefficient (Wildman–Crippen LogP) is 4.66. The topological polar surface area (TPSA) is 78.1 Å². The van der Waals surface area contributed by atoms with Crippen LogP contribution in [0.25, 0.3) is 11.3 Å². The first kappa shape index (κ1) is 22.2. The molecule has 2 aromatic carbocycles. The number of aryl methyl sites for hydroxylation is 1. The van der Waals surface area contributed by atoms with Crippen LogP contribution in [0, 0.1) is 5.82 Å². The molecule has 0 fully saturated rings. The third-order valence-corrected chi connectivity index (χ3v) is 5.01. The Labute approximate surface area is 181 Å². The van der Waals surface area contributed by atoms with Crippen molar-refractivity contribution in [2.75, 3.05) is 18.9 Å². The number of hydrogen-bond acceptors (Lipinski definition) is 3. The van der Waals surface area contributed by atoms with Crippen LogP contribution >= 0.6 is 0 Å². The minimum absolute atomic E-state index is 0.0353. The number of nitrogens with zero attached hydrogens (tertiary/aromatic N) is 2. The van der Waals surface area contributed by atoms with Crippen molar-refractivity contribution in [3.05, 3.63) is 71.7 Å². The number of nitrogens with one attached hydrogen (secondary N) is 2. The molecule has 0 aliphatic heterocycles. The Morgan fingerprint density at radius 2 is 1.74 bits per heavy atom. The Morgan fingerprint density at radius 3 is 2.42 bits per heavy atom. The molecule has 0 aliphatic rings. The van der Waals surface area contributed by atoms with Gasteiger partial charge in [0.2, 0.25) is 5.91 Å². The number of H-pyrrole nitrogens is 1. The lowest BCUT2D eigenvalue weighted by molar-refractivity contribution is -0.114. The van der Waals surface area contributed by atoms with Gasteiger partial charge in [-0.15, -0.1) is 0 Å². The number of rotatable bonds is 9. The number of anilines is 1. The first-order valence-corrected chi connectivity index (χ1v) is 10.4. The third kappa shape index (κ3) is 6.50. The van der Waals surface area contributed by atoms with Gasteiger partial charge in [-0.25, -0.2) is 4.39 Å². The number of hydrogen-bond donors (Lipinski definition) is 2. The summed E-state index contributed by atoms with van der Waals surface area (Å²) < 4.78 is 13.0. The molecular weight excluding hydrogens is 395 g/mol. The van der Waals surface area contributed by atoms with Gasteiger partial charge < -0.3 is 10.2 Å². The van der Waals surface area contributed by atoms with Crippen LogP contribution in [-0.2, 0) is 11.2 Å². The summed E-state index contributed by atoms with van der Waals surface area (Å²) in [6, 6.07) is 15.2. The van der Waals surface area contributed by atoms with Crippen molar-refractivity contribution >= 4 is 17.5 Å². The molecule has 0 saturated heterocycles. The second kappa shape index (κ2) is 10.5. The van der Waals surface area contributed by atoms with Crippen LogP contribution < -0.4 is 5.32 Å². The van der Waals surface area contributed by atoms with Gasteiger partial charge in [0.05, 0.1) is 5.69 Å². The van der Waals surface area contributed by atoms with E-state index in [1.54, 1.807) is 48.3 Å². The van der Waals surface area contributed by atoms with E-state index in [0.717, 1.165) is 42.6 Å². The normalized spacial score (nSPS) is 10.7. The summed E-state index contributed by atoms with van der Waals surface area (Å²) in [7, 11) is 1.80. The molecule has 1 heterocycles. The molecule has 0 aliphatic carbocycles. The Morgan fingerprint density at radius 1 is 1.03 bits per heavy atom. The lowest BCUT2D eigenvalue weighted by Crippen LogP contribution is -2.27. The summed E-state index contributed by atoms with van der Waals surface area (Å²) in [5.41, 5.74) is 4.01. The molecule has 0 saturated carbocycles. The average molecular weight is 423 g/mol. The fourth-order valence-corrected chi connectivity index (χ4v) is 3.32. The minimum Gasteiger partial charge on any atom is -0.342 e. The number of carbonyl (C=O) groups excluding carboxylic acids is 2. The number of aromatic nitrogens is 2. The van der Waals surface area contributed by atoms with Crippen LogP contribution in [0.15, 0.2) is 54.6 Å². The van der Waals surface area contributed by atoms with Crippen molar-refractivity contribution in [3.63, 3.8) is 0 Å². The first-order valence-electron chi connectivity index (χ1n) is 10.4. The lowest BCUT2D eigenvalue weighted by Gasteiger charge is -2.17. The Hall–Kier alpha value is -3.48. The van der Waals surface area contributed by atoms with Crippen LogP contribution in [-0.4, -0.2) is 40.5 Å². The van der Waals surface area contributed by atoms with E-state index < -0.39 is 0 Å². The fraction of sp³-hybridized carbons (Fsp3) is 0.292. The van der Waals surface area contributed by atoms with Crippen LogP contribution in [0.3, 0.4) is 0 Å². The lowest BCUT2D eigenvalue weighted by atomic mass is 10.1. The van der Waals surface area contributed by atoms with E-state index in [1.165, 1.54) is 19.1 Å². The molecule has 2 N–H and O–H groups in total. The molecule has 0 radical (unpaired) electrons. The molecule has 6 nitrogen and oxygen atoms in total. The Balaban J connectivity index is 1.39. The van der Waals surface area contributed by atoms with Gasteiger partial charge in [-0.05, 0) is 73.9 Å². The number of carbonyl (C=O) groups is 2. The zero-order valence-corrected chi connectivity index (χ0v) is 17.8. The van der Waals surface area contributed by atoms with Crippen LogP contribution in [0.4, 0.5) is 10.1 Å². The van der Waals surface area contributed by atoms with E-state index in [2.05, 4.69) is 15.5 Å². The largest absolute Gasteiger partial charge is 0.342 e. The molecular formula is C24H27FN4O2. The van der Waals surface area contributed by atoms with Crippen molar-refractivity contribution < 1.29 is 14.0 Å². The Kier molecular flexibility index (Phi) is 7.54. The highest BCUT2D eigenvalue weighted by Gasteiger charge is 2.11. The van der Waals surface area contributed by atoms with Gasteiger partial charge >= 0.3 is 0 Å². The van der Waals surface area contributed by atoms with Crippen molar-refractivity contribution in [2.24, 2.45) is 0 Å². The highest BCUT2D eigenvalue weighted by molar-refractivity contribution is 5.95. The zero-order valence-electron chi connectivity index (χ0n) is 17.8. The molecule has 1 aromatic heterocycles. The van der Waals surface area contributed by atoms with E-state index >= 15 is 0 Å². The number of halogens is 1. The highest BCUT2D eigenvalue weighted by atomic mass is 19.1. The molecule has 0 bridgehead atoms. The molecule has 7 heteroatoms. The van der Waals surface area contributed by atoms with E-state index in [-0.39, 0.29) is 17.6 Å².